The second-order valence-electron chi connectivity index (χ2n) is 4.53. The second-order valence-corrected chi connectivity index (χ2v) is 4.53. The van der Waals surface area contributed by atoms with Crippen LogP contribution < -0.4 is 10.1 Å². The van der Waals surface area contributed by atoms with Crippen LogP contribution in [0.3, 0.4) is 0 Å². The Morgan fingerprint density at radius 3 is 2.84 bits per heavy atom. The number of nitrogens with one attached hydrogen (secondary N) is 1. The summed E-state index contributed by atoms with van der Waals surface area (Å²) in [7, 11) is 1.50. The van der Waals surface area contributed by atoms with Crippen LogP contribution in [0.5, 0.6) is 5.75 Å². The lowest BCUT2D eigenvalue weighted by molar-refractivity contribution is 0.411. The van der Waals surface area contributed by atoms with Crippen LogP contribution in [0.1, 0.15) is 19.5 Å². The van der Waals surface area contributed by atoms with Crippen molar-refractivity contribution in [2.75, 3.05) is 7.11 Å². The average Bonchev–Trinajstić information content (AvgIpc) is 2.84. The molecule has 0 saturated carbocycles. The van der Waals surface area contributed by atoms with Crippen LogP contribution in [0, 0.1) is 5.82 Å². The summed E-state index contributed by atoms with van der Waals surface area (Å²) in [6, 6.07) is 4.94. The molecule has 19 heavy (non-hydrogen) atoms. The number of aromatic nitrogens is 1. The number of halogens is 1. The van der Waals surface area contributed by atoms with E-state index in [2.05, 4.69) is 10.3 Å². The van der Waals surface area contributed by atoms with E-state index in [4.69, 9.17) is 9.15 Å². The van der Waals surface area contributed by atoms with E-state index in [1.165, 1.54) is 19.4 Å². The fourth-order valence-corrected chi connectivity index (χ4v) is 1.62. The van der Waals surface area contributed by atoms with Gasteiger partial charge in [-0.3, -0.25) is 0 Å². The van der Waals surface area contributed by atoms with Gasteiger partial charge in [0.2, 0.25) is 5.89 Å². The smallest absolute Gasteiger partial charge is 0.229 e. The maximum Gasteiger partial charge on any atom is 0.229 e. The highest BCUT2D eigenvalue weighted by molar-refractivity contribution is 5.55. The molecule has 0 atom stereocenters. The second kappa shape index (κ2) is 5.84. The first kappa shape index (κ1) is 13.5. The van der Waals surface area contributed by atoms with Crippen LogP contribution in [0.4, 0.5) is 4.39 Å². The molecule has 0 amide bonds. The van der Waals surface area contributed by atoms with Crippen LogP contribution >= 0.6 is 0 Å². The molecule has 0 spiro atoms. The van der Waals surface area contributed by atoms with Crippen molar-refractivity contribution in [3.63, 3.8) is 0 Å². The minimum absolute atomic E-state index is 0.278. The number of methoxy groups -OCH3 is 1. The standard InChI is InChI=1S/C14H17FN2O2/c1-9(2)16-7-10-8-19-14(17-10)12-5-4-11(18-3)6-13(12)15/h4-6,8-9,16H,7H2,1-3H3. The van der Waals surface area contributed by atoms with Gasteiger partial charge in [0, 0.05) is 18.7 Å². The van der Waals surface area contributed by atoms with Gasteiger partial charge in [0.15, 0.2) is 0 Å². The molecule has 2 rings (SSSR count). The molecule has 0 radical (unpaired) electrons. The summed E-state index contributed by atoms with van der Waals surface area (Å²) in [6.45, 7) is 4.69. The predicted octanol–water partition coefficient (Wildman–Crippen LogP) is 2.99. The molecule has 0 saturated heterocycles. The van der Waals surface area contributed by atoms with Gasteiger partial charge in [-0.2, -0.15) is 0 Å². The van der Waals surface area contributed by atoms with Crippen molar-refractivity contribution in [3.05, 3.63) is 36.0 Å². The summed E-state index contributed by atoms with van der Waals surface area (Å²) >= 11 is 0. The molecule has 0 aliphatic heterocycles. The summed E-state index contributed by atoms with van der Waals surface area (Å²) in [4.78, 5) is 4.26. The number of oxazole rings is 1. The van der Waals surface area contributed by atoms with Crippen molar-refractivity contribution in [3.8, 4) is 17.2 Å². The summed E-state index contributed by atoms with van der Waals surface area (Å²) < 4.78 is 24.1. The van der Waals surface area contributed by atoms with E-state index in [1.807, 2.05) is 13.8 Å². The number of ether oxygens (including phenoxy) is 1. The van der Waals surface area contributed by atoms with Gasteiger partial charge < -0.3 is 14.5 Å². The SMILES string of the molecule is COc1ccc(-c2nc(CNC(C)C)co2)c(F)c1. The molecule has 1 N–H and O–H groups in total. The maximum absolute atomic E-state index is 13.9. The Hall–Kier alpha value is -1.88. The van der Waals surface area contributed by atoms with Gasteiger partial charge in [-0.1, -0.05) is 13.8 Å². The van der Waals surface area contributed by atoms with Gasteiger partial charge in [0.05, 0.1) is 18.4 Å². The lowest BCUT2D eigenvalue weighted by Gasteiger charge is -2.04. The van der Waals surface area contributed by atoms with E-state index in [-0.39, 0.29) is 5.89 Å². The highest BCUT2D eigenvalue weighted by atomic mass is 19.1. The fourth-order valence-electron chi connectivity index (χ4n) is 1.62. The first-order valence-corrected chi connectivity index (χ1v) is 6.12. The van der Waals surface area contributed by atoms with Crippen LogP contribution in [0.25, 0.3) is 11.5 Å². The molecule has 0 fully saturated rings. The summed E-state index contributed by atoms with van der Waals surface area (Å²) in [5.74, 6) is 0.333. The largest absolute Gasteiger partial charge is 0.497 e. The van der Waals surface area contributed by atoms with Crippen molar-refractivity contribution in [2.45, 2.75) is 26.4 Å². The number of rotatable bonds is 5. The van der Waals surface area contributed by atoms with Crippen LogP contribution in [-0.4, -0.2) is 18.1 Å². The molecule has 0 aliphatic carbocycles. The van der Waals surface area contributed by atoms with Crippen molar-refractivity contribution < 1.29 is 13.5 Å². The van der Waals surface area contributed by atoms with Gasteiger partial charge in [-0.15, -0.1) is 0 Å². The molecule has 102 valence electrons. The van der Waals surface area contributed by atoms with Crippen molar-refractivity contribution in [1.82, 2.24) is 10.3 Å². The minimum atomic E-state index is -0.412. The molecule has 2 aromatic rings. The molecular formula is C14H17FN2O2. The van der Waals surface area contributed by atoms with Gasteiger partial charge in [-0.05, 0) is 12.1 Å². The third-order valence-corrected chi connectivity index (χ3v) is 2.65. The zero-order valence-corrected chi connectivity index (χ0v) is 11.2. The zero-order valence-electron chi connectivity index (χ0n) is 11.2. The lowest BCUT2D eigenvalue weighted by Crippen LogP contribution is -2.21. The summed E-state index contributed by atoms with van der Waals surface area (Å²) in [5.41, 5.74) is 1.08. The first-order chi connectivity index (χ1) is 9.10. The van der Waals surface area contributed by atoms with Gasteiger partial charge >= 0.3 is 0 Å². The molecular weight excluding hydrogens is 247 g/mol. The van der Waals surface area contributed by atoms with Crippen molar-refractivity contribution in [1.29, 1.82) is 0 Å². The van der Waals surface area contributed by atoms with Gasteiger partial charge in [0.25, 0.3) is 0 Å². The molecule has 1 aromatic carbocycles. The lowest BCUT2D eigenvalue weighted by atomic mass is 10.2. The van der Waals surface area contributed by atoms with Crippen molar-refractivity contribution >= 4 is 0 Å². The summed E-state index contributed by atoms with van der Waals surface area (Å²) in [6.07, 6.45) is 1.54. The number of nitrogens with zero attached hydrogens (tertiary/aromatic N) is 1. The van der Waals surface area contributed by atoms with Crippen molar-refractivity contribution in [2.24, 2.45) is 0 Å². The van der Waals surface area contributed by atoms with Gasteiger partial charge in [0.1, 0.15) is 17.8 Å². The Morgan fingerprint density at radius 2 is 2.21 bits per heavy atom. The molecule has 0 bridgehead atoms. The quantitative estimate of drug-likeness (QED) is 0.901. The third-order valence-electron chi connectivity index (χ3n) is 2.65. The van der Waals surface area contributed by atoms with E-state index in [9.17, 15) is 4.39 Å². The predicted molar refractivity (Wildman–Crippen MR) is 70.4 cm³/mol. The fraction of sp³-hybridized carbons (Fsp3) is 0.357. The third kappa shape index (κ3) is 3.32. The van der Waals surface area contributed by atoms with Crippen LogP contribution in [0.15, 0.2) is 28.9 Å². The zero-order chi connectivity index (χ0) is 13.8. The first-order valence-electron chi connectivity index (χ1n) is 6.12. The monoisotopic (exact) mass is 264 g/mol. The number of benzene rings is 1. The van der Waals surface area contributed by atoms with E-state index in [1.54, 1.807) is 12.1 Å². The van der Waals surface area contributed by atoms with E-state index in [0.717, 1.165) is 5.69 Å². The highest BCUT2D eigenvalue weighted by Gasteiger charge is 2.12. The molecule has 0 aliphatic rings. The molecule has 1 heterocycles. The van der Waals surface area contributed by atoms with Gasteiger partial charge in [-0.25, -0.2) is 9.37 Å². The minimum Gasteiger partial charge on any atom is -0.497 e. The van der Waals surface area contributed by atoms with Crippen LogP contribution in [-0.2, 0) is 6.54 Å². The molecule has 1 aromatic heterocycles. The Morgan fingerprint density at radius 1 is 1.42 bits per heavy atom. The summed E-state index contributed by atoms with van der Waals surface area (Å²) in [5, 5.41) is 3.22. The van der Waals surface area contributed by atoms with E-state index >= 15 is 0 Å². The van der Waals surface area contributed by atoms with Crippen LogP contribution in [0.2, 0.25) is 0 Å². The number of hydrogen-bond donors (Lipinski definition) is 1. The Kier molecular flexibility index (Phi) is 4.16. The Labute approximate surface area is 111 Å². The molecule has 4 nitrogen and oxygen atoms in total. The van der Waals surface area contributed by atoms with E-state index < -0.39 is 5.82 Å². The topological polar surface area (TPSA) is 47.3 Å². The molecule has 0 unspecified atom stereocenters. The highest BCUT2D eigenvalue weighted by Crippen LogP contribution is 2.25. The normalized spacial score (nSPS) is 11.0. The molecule has 5 heteroatoms. The maximum atomic E-state index is 13.9. The Balaban J connectivity index is 2.18. The number of hydrogen-bond acceptors (Lipinski definition) is 4. The van der Waals surface area contributed by atoms with E-state index in [0.29, 0.717) is 23.9 Å². The Bertz CT molecular complexity index is 552. The average molecular weight is 264 g/mol.